The van der Waals surface area contributed by atoms with Crippen LogP contribution in [0.1, 0.15) is 36.4 Å². The molecular formula is C16H17N3O5. The molecule has 0 aliphatic carbocycles. The Morgan fingerprint density at radius 3 is 2.75 bits per heavy atom. The lowest BCUT2D eigenvalue weighted by Gasteiger charge is -2.06. The van der Waals surface area contributed by atoms with E-state index in [1.807, 2.05) is 20.8 Å². The SMILES string of the molecule is CCc1onc(C)c1COc1nc2oc(=O)cc(CC)c2c(=O)[nH]1. The van der Waals surface area contributed by atoms with Crippen LogP contribution in [0, 0.1) is 6.92 Å². The molecule has 3 rings (SSSR count). The molecule has 0 bridgehead atoms. The molecule has 0 fully saturated rings. The molecule has 0 saturated carbocycles. The van der Waals surface area contributed by atoms with Crippen molar-refractivity contribution in [1.82, 2.24) is 15.1 Å². The fourth-order valence-corrected chi connectivity index (χ4v) is 2.52. The van der Waals surface area contributed by atoms with Gasteiger partial charge in [-0.25, -0.2) is 4.79 Å². The number of nitrogens with one attached hydrogen (secondary N) is 1. The number of aryl methyl sites for hydroxylation is 3. The summed E-state index contributed by atoms with van der Waals surface area (Å²) < 4.78 is 15.8. The maximum Gasteiger partial charge on any atom is 0.337 e. The van der Waals surface area contributed by atoms with Crippen molar-refractivity contribution in [2.75, 3.05) is 0 Å². The minimum Gasteiger partial charge on any atom is -0.460 e. The maximum atomic E-state index is 12.3. The number of H-pyrrole nitrogens is 1. The fourth-order valence-electron chi connectivity index (χ4n) is 2.52. The molecule has 0 amide bonds. The quantitative estimate of drug-likeness (QED) is 0.759. The molecule has 0 saturated heterocycles. The predicted octanol–water partition coefficient (Wildman–Crippen LogP) is 1.88. The smallest absolute Gasteiger partial charge is 0.337 e. The Bertz CT molecular complexity index is 999. The Hall–Kier alpha value is -2.90. The van der Waals surface area contributed by atoms with Gasteiger partial charge in [-0.3, -0.25) is 9.78 Å². The minimum absolute atomic E-state index is 0.0217. The van der Waals surface area contributed by atoms with Gasteiger partial charge in [-0.2, -0.15) is 4.98 Å². The Kier molecular flexibility index (Phi) is 4.20. The molecule has 3 heterocycles. The van der Waals surface area contributed by atoms with Gasteiger partial charge in [0.15, 0.2) is 0 Å². The average Bonchev–Trinajstić information content (AvgIpc) is 2.91. The van der Waals surface area contributed by atoms with Crippen molar-refractivity contribution in [2.24, 2.45) is 0 Å². The van der Waals surface area contributed by atoms with E-state index in [9.17, 15) is 9.59 Å². The molecule has 1 N–H and O–H groups in total. The zero-order chi connectivity index (χ0) is 17.3. The van der Waals surface area contributed by atoms with Crippen LogP contribution in [-0.2, 0) is 19.4 Å². The zero-order valence-corrected chi connectivity index (χ0v) is 13.6. The van der Waals surface area contributed by atoms with Crippen LogP contribution in [0.3, 0.4) is 0 Å². The molecule has 3 aromatic heterocycles. The molecule has 0 radical (unpaired) electrons. The lowest BCUT2D eigenvalue weighted by Crippen LogP contribution is -2.15. The number of aromatic amines is 1. The third kappa shape index (κ3) is 2.82. The van der Waals surface area contributed by atoms with E-state index in [-0.39, 0.29) is 23.7 Å². The maximum absolute atomic E-state index is 12.3. The van der Waals surface area contributed by atoms with Gasteiger partial charge in [0.2, 0.25) is 5.71 Å². The second kappa shape index (κ2) is 6.31. The van der Waals surface area contributed by atoms with Crippen LogP contribution in [0.25, 0.3) is 11.1 Å². The topological polar surface area (TPSA) is 111 Å². The molecule has 0 spiro atoms. The van der Waals surface area contributed by atoms with Gasteiger partial charge in [-0.15, -0.1) is 0 Å². The van der Waals surface area contributed by atoms with Gasteiger partial charge in [0.1, 0.15) is 17.8 Å². The molecule has 0 unspecified atom stereocenters. The third-order valence-corrected chi connectivity index (χ3v) is 3.80. The summed E-state index contributed by atoms with van der Waals surface area (Å²) in [5, 5.41) is 4.16. The monoisotopic (exact) mass is 331 g/mol. The molecular weight excluding hydrogens is 314 g/mol. The minimum atomic E-state index is -0.549. The normalized spacial score (nSPS) is 11.1. The number of fused-ring (bicyclic) bond motifs is 1. The molecule has 0 aliphatic heterocycles. The number of hydrogen-bond donors (Lipinski definition) is 1. The Balaban J connectivity index is 1.98. The van der Waals surface area contributed by atoms with E-state index >= 15 is 0 Å². The van der Waals surface area contributed by atoms with Crippen LogP contribution in [0.4, 0.5) is 0 Å². The van der Waals surface area contributed by atoms with E-state index in [4.69, 9.17) is 13.7 Å². The molecule has 0 atom stereocenters. The number of ether oxygens (including phenoxy) is 1. The highest BCUT2D eigenvalue weighted by molar-refractivity contribution is 5.75. The summed E-state index contributed by atoms with van der Waals surface area (Å²) in [7, 11) is 0. The highest BCUT2D eigenvalue weighted by atomic mass is 16.5. The van der Waals surface area contributed by atoms with Crippen molar-refractivity contribution in [3.05, 3.63) is 49.4 Å². The first-order valence-electron chi connectivity index (χ1n) is 7.67. The van der Waals surface area contributed by atoms with Gasteiger partial charge >= 0.3 is 5.63 Å². The van der Waals surface area contributed by atoms with Crippen LogP contribution >= 0.6 is 0 Å². The summed E-state index contributed by atoms with van der Waals surface area (Å²) in [6.07, 6.45) is 1.20. The van der Waals surface area contributed by atoms with Gasteiger partial charge in [0.25, 0.3) is 11.6 Å². The third-order valence-electron chi connectivity index (χ3n) is 3.80. The molecule has 8 nitrogen and oxygen atoms in total. The first-order chi connectivity index (χ1) is 11.5. The van der Waals surface area contributed by atoms with E-state index in [0.29, 0.717) is 18.4 Å². The molecule has 24 heavy (non-hydrogen) atoms. The van der Waals surface area contributed by atoms with Crippen LogP contribution in [-0.4, -0.2) is 15.1 Å². The van der Waals surface area contributed by atoms with Crippen molar-refractivity contribution in [3.63, 3.8) is 0 Å². The van der Waals surface area contributed by atoms with E-state index in [1.54, 1.807) is 0 Å². The summed E-state index contributed by atoms with van der Waals surface area (Å²) in [4.78, 5) is 30.5. The Morgan fingerprint density at radius 2 is 2.04 bits per heavy atom. The van der Waals surface area contributed by atoms with Crippen LogP contribution in [0.2, 0.25) is 0 Å². The van der Waals surface area contributed by atoms with Crippen molar-refractivity contribution in [2.45, 2.75) is 40.2 Å². The second-order valence-corrected chi connectivity index (χ2v) is 5.31. The van der Waals surface area contributed by atoms with Crippen molar-refractivity contribution in [1.29, 1.82) is 0 Å². The van der Waals surface area contributed by atoms with Crippen LogP contribution in [0.15, 0.2) is 24.6 Å². The van der Waals surface area contributed by atoms with E-state index in [2.05, 4.69) is 15.1 Å². The van der Waals surface area contributed by atoms with Crippen LogP contribution in [0.5, 0.6) is 6.01 Å². The van der Waals surface area contributed by atoms with Crippen molar-refractivity contribution < 1.29 is 13.7 Å². The molecule has 126 valence electrons. The van der Waals surface area contributed by atoms with E-state index in [1.165, 1.54) is 6.07 Å². The summed E-state index contributed by atoms with van der Waals surface area (Å²) in [6, 6.07) is 1.28. The van der Waals surface area contributed by atoms with E-state index < -0.39 is 11.2 Å². The second-order valence-electron chi connectivity index (χ2n) is 5.31. The number of rotatable bonds is 5. The highest BCUT2D eigenvalue weighted by Crippen LogP contribution is 2.17. The summed E-state index contributed by atoms with van der Waals surface area (Å²) in [6.45, 7) is 5.74. The van der Waals surface area contributed by atoms with Gasteiger partial charge in [-0.1, -0.05) is 19.0 Å². The van der Waals surface area contributed by atoms with E-state index in [0.717, 1.165) is 17.0 Å². The molecule has 3 aromatic rings. The molecule has 0 aromatic carbocycles. The van der Waals surface area contributed by atoms with Gasteiger partial charge in [-0.05, 0) is 18.9 Å². The number of nitrogens with zero attached hydrogens (tertiary/aromatic N) is 2. The summed E-state index contributed by atoms with van der Waals surface area (Å²) >= 11 is 0. The highest BCUT2D eigenvalue weighted by Gasteiger charge is 2.15. The van der Waals surface area contributed by atoms with Gasteiger partial charge in [0, 0.05) is 12.5 Å². The number of aromatic nitrogens is 3. The van der Waals surface area contributed by atoms with Crippen LogP contribution < -0.4 is 15.9 Å². The van der Waals surface area contributed by atoms with Gasteiger partial charge in [0.05, 0.1) is 11.3 Å². The Morgan fingerprint density at radius 1 is 1.25 bits per heavy atom. The van der Waals surface area contributed by atoms with Crippen molar-refractivity contribution >= 4 is 11.1 Å². The standard InChI is InChI=1S/C16H17N3O5/c1-4-9-6-12(20)23-15-13(9)14(21)17-16(18-15)22-7-10-8(3)19-24-11(10)5-2/h6H,4-5,7H2,1-3H3,(H,17,18,21). The first-order valence-corrected chi connectivity index (χ1v) is 7.67. The zero-order valence-electron chi connectivity index (χ0n) is 13.6. The fraction of sp³-hybridized carbons (Fsp3) is 0.375. The Labute approximate surface area is 136 Å². The van der Waals surface area contributed by atoms with Gasteiger partial charge < -0.3 is 13.7 Å². The molecule has 8 heteroatoms. The molecule has 0 aliphatic rings. The average molecular weight is 331 g/mol. The largest absolute Gasteiger partial charge is 0.460 e. The summed E-state index contributed by atoms with van der Waals surface area (Å²) in [5.74, 6) is 0.718. The lowest BCUT2D eigenvalue weighted by atomic mass is 10.1. The van der Waals surface area contributed by atoms with Crippen molar-refractivity contribution in [3.8, 4) is 6.01 Å². The lowest BCUT2D eigenvalue weighted by molar-refractivity contribution is 0.275. The number of hydrogen-bond acceptors (Lipinski definition) is 7. The summed E-state index contributed by atoms with van der Waals surface area (Å²) in [5.41, 5.74) is 1.12. The predicted molar refractivity (Wildman–Crippen MR) is 85.2 cm³/mol. The first kappa shape index (κ1) is 16.0.